The number of carbonyl (C=O) groups is 1. The van der Waals surface area contributed by atoms with Crippen molar-refractivity contribution in [3.05, 3.63) is 10.7 Å². The van der Waals surface area contributed by atoms with Crippen LogP contribution in [0.5, 0.6) is 0 Å². The number of nitrogens with two attached hydrogens (primary N) is 1. The molecule has 1 saturated heterocycles. The van der Waals surface area contributed by atoms with Gasteiger partial charge in [-0.2, -0.15) is 0 Å². The van der Waals surface area contributed by atoms with E-state index in [1.54, 1.807) is 0 Å². The van der Waals surface area contributed by atoms with Crippen molar-refractivity contribution in [1.82, 2.24) is 4.98 Å². The summed E-state index contributed by atoms with van der Waals surface area (Å²) in [6.07, 6.45) is 1.99. The van der Waals surface area contributed by atoms with Gasteiger partial charge in [0, 0.05) is 0 Å². The van der Waals surface area contributed by atoms with E-state index in [4.69, 9.17) is 15.6 Å². The molecule has 1 aromatic heterocycles. The third kappa shape index (κ3) is 1.95. The van der Waals surface area contributed by atoms with Gasteiger partial charge >= 0.3 is 5.97 Å². The van der Waals surface area contributed by atoms with Crippen LogP contribution in [0.2, 0.25) is 0 Å². The highest BCUT2D eigenvalue weighted by molar-refractivity contribution is 7.16. The molecule has 0 aromatic carbocycles. The monoisotopic (exact) mass is 228 g/mol. The summed E-state index contributed by atoms with van der Waals surface area (Å²) in [6.45, 7) is 2.00. The first-order valence-electron chi connectivity index (χ1n) is 4.73. The van der Waals surface area contributed by atoms with E-state index < -0.39 is 5.97 Å². The lowest BCUT2D eigenvalue weighted by Gasteiger charge is -2.06. The molecular weight excluding hydrogens is 216 g/mol. The summed E-state index contributed by atoms with van der Waals surface area (Å²) >= 11 is 1.20. The van der Waals surface area contributed by atoms with E-state index in [0.717, 1.165) is 12.8 Å². The van der Waals surface area contributed by atoms with E-state index in [0.29, 0.717) is 5.01 Å². The number of nitrogens with zero attached hydrogens (tertiary/aromatic N) is 1. The van der Waals surface area contributed by atoms with Crippen molar-refractivity contribution in [2.45, 2.75) is 32.0 Å². The predicted octanol–water partition coefficient (Wildman–Crippen LogP) is 1.66. The molecule has 0 bridgehead atoms. The maximum Gasteiger partial charge on any atom is 0.357 e. The van der Waals surface area contributed by atoms with Gasteiger partial charge in [-0.25, -0.2) is 9.78 Å². The highest BCUT2D eigenvalue weighted by Gasteiger charge is 2.28. The largest absolute Gasteiger partial charge is 0.476 e. The van der Waals surface area contributed by atoms with E-state index in [1.165, 1.54) is 11.3 Å². The Morgan fingerprint density at radius 1 is 1.67 bits per heavy atom. The molecule has 5 nitrogen and oxygen atoms in total. The van der Waals surface area contributed by atoms with Crippen molar-refractivity contribution >= 4 is 22.3 Å². The number of carboxylic acids is 1. The Hall–Kier alpha value is -1.14. The molecule has 2 atom stereocenters. The summed E-state index contributed by atoms with van der Waals surface area (Å²) in [6, 6.07) is 0. The molecule has 0 amide bonds. The van der Waals surface area contributed by atoms with Crippen LogP contribution in [-0.2, 0) is 4.74 Å². The van der Waals surface area contributed by atoms with Crippen molar-refractivity contribution in [2.75, 3.05) is 5.73 Å². The number of hydrogen-bond acceptors (Lipinski definition) is 5. The van der Waals surface area contributed by atoms with Crippen LogP contribution in [0.15, 0.2) is 0 Å². The summed E-state index contributed by atoms with van der Waals surface area (Å²) in [7, 11) is 0. The molecule has 1 aliphatic heterocycles. The Balaban J connectivity index is 2.23. The van der Waals surface area contributed by atoms with E-state index in [1.807, 2.05) is 6.92 Å². The zero-order valence-corrected chi connectivity index (χ0v) is 9.08. The Bertz CT molecular complexity index is 391. The SMILES string of the molecule is CC1CCC(c2nc(C(=O)O)c(N)s2)O1. The molecule has 1 aliphatic rings. The van der Waals surface area contributed by atoms with E-state index in [9.17, 15) is 4.79 Å². The van der Waals surface area contributed by atoms with Crippen LogP contribution in [0, 0.1) is 0 Å². The first-order valence-corrected chi connectivity index (χ1v) is 5.54. The predicted molar refractivity (Wildman–Crippen MR) is 56.0 cm³/mol. The molecule has 1 fully saturated rings. The summed E-state index contributed by atoms with van der Waals surface area (Å²) in [4.78, 5) is 14.7. The van der Waals surface area contributed by atoms with Gasteiger partial charge < -0.3 is 15.6 Å². The van der Waals surface area contributed by atoms with Gasteiger partial charge in [0.05, 0.1) is 6.10 Å². The summed E-state index contributed by atoms with van der Waals surface area (Å²) in [5.41, 5.74) is 5.51. The molecule has 0 saturated carbocycles. The van der Waals surface area contributed by atoms with E-state index in [-0.39, 0.29) is 22.9 Å². The maximum absolute atomic E-state index is 10.7. The molecular formula is C9H12N2O3S. The Morgan fingerprint density at radius 3 is 2.87 bits per heavy atom. The van der Waals surface area contributed by atoms with Gasteiger partial charge in [-0.05, 0) is 19.8 Å². The average Bonchev–Trinajstić information content (AvgIpc) is 2.71. The van der Waals surface area contributed by atoms with Crippen molar-refractivity contribution in [3.8, 4) is 0 Å². The van der Waals surface area contributed by atoms with Crippen molar-refractivity contribution in [1.29, 1.82) is 0 Å². The third-order valence-corrected chi connectivity index (χ3v) is 3.36. The van der Waals surface area contributed by atoms with Crippen LogP contribution >= 0.6 is 11.3 Å². The molecule has 2 heterocycles. The number of ether oxygens (including phenoxy) is 1. The second-order valence-electron chi connectivity index (χ2n) is 3.58. The van der Waals surface area contributed by atoms with Gasteiger partial charge in [0.1, 0.15) is 16.1 Å². The molecule has 6 heteroatoms. The fraction of sp³-hybridized carbons (Fsp3) is 0.556. The number of thiazole rings is 1. The number of anilines is 1. The smallest absolute Gasteiger partial charge is 0.357 e. The molecule has 0 spiro atoms. The Morgan fingerprint density at radius 2 is 2.40 bits per heavy atom. The topological polar surface area (TPSA) is 85.4 Å². The lowest BCUT2D eigenvalue weighted by Crippen LogP contribution is -2.03. The summed E-state index contributed by atoms with van der Waals surface area (Å²) in [5, 5.41) is 9.72. The van der Waals surface area contributed by atoms with Gasteiger partial charge in [-0.1, -0.05) is 11.3 Å². The fourth-order valence-corrected chi connectivity index (χ4v) is 2.52. The molecule has 3 N–H and O–H groups in total. The van der Waals surface area contributed by atoms with Gasteiger partial charge in [0.2, 0.25) is 0 Å². The number of carboxylic acid groups (broad SMARTS) is 1. The number of rotatable bonds is 2. The van der Waals surface area contributed by atoms with Crippen LogP contribution in [-0.4, -0.2) is 22.2 Å². The zero-order valence-electron chi connectivity index (χ0n) is 8.27. The van der Waals surface area contributed by atoms with Crippen LogP contribution < -0.4 is 5.73 Å². The van der Waals surface area contributed by atoms with E-state index in [2.05, 4.69) is 4.98 Å². The van der Waals surface area contributed by atoms with Gasteiger partial charge in [-0.15, -0.1) is 0 Å². The Kier molecular flexibility index (Phi) is 2.62. The van der Waals surface area contributed by atoms with Crippen molar-refractivity contribution < 1.29 is 14.6 Å². The lowest BCUT2D eigenvalue weighted by molar-refractivity contribution is 0.0550. The number of hydrogen-bond donors (Lipinski definition) is 2. The standard InChI is InChI=1S/C9H12N2O3S/c1-4-2-3-5(14-4)8-11-6(9(12)13)7(10)15-8/h4-5H,2-3,10H2,1H3,(H,12,13). The molecule has 2 rings (SSSR count). The average molecular weight is 228 g/mol. The number of aromatic nitrogens is 1. The van der Waals surface area contributed by atoms with Gasteiger partial charge in [0.25, 0.3) is 0 Å². The number of nitrogen functional groups attached to an aromatic ring is 1. The van der Waals surface area contributed by atoms with Crippen molar-refractivity contribution in [3.63, 3.8) is 0 Å². The second kappa shape index (κ2) is 3.79. The minimum absolute atomic E-state index is 0.0573. The summed E-state index contributed by atoms with van der Waals surface area (Å²) < 4.78 is 5.59. The normalized spacial score (nSPS) is 25.7. The fourth-order valence-electron chi connectivity index (χ4n) is 1.62. The first-order chi connectivity index (χ1) is 7.08. The minimum atomic E-state index is -1.08. The number of aromatic carboxylic acids is 1. The van der Waals surface area contributed by atoms with Crippen LogP contribution in [0.4, 0.5) is 5.00 Å². The molecule has 0 aliphatic carbocycles. The molecule has 15 heavy (non-hydrogen) atoms. The second-order valence-corrected chi connectivity index (χ2v) is 4.65. The third-order valence-electron chi connectivity index (χ3n) is 2.38. The molecule has 1 aromatic rings. The van der Waals surface area contributed by atoms with Crippen LogP contribution in [0.25, 0.3) is 0 Å². The Labute approximate surface area is 90.9 Å². The first kappa shape index (κ1) is 10.4. The van der Waals surface area contributed by atoms with Gasteiger partial charge in [0.15, 0.2) is 5.69 Å². The van der Waals surface area contributed by atoms with Crippen molar-refractivity contribution in [2.24, 2.45) is 0 Å². The summed E-state index contributed by atoms with van der Waals surface area (Å²) in [5.74, 6) is -1.08. The zero-order chi connectivity index (χ0) is 11.0. The molecule has 2 unspecified atom stereocenters. The van der Waals surface area contributed by atoms with Crippen LogP contribution in [0.3, 0.4) is 0 Å². The lowest BCUT2D eigenvalue weighted by atomic mass is 10.2. The van der Waals surface area contributed by atoms with Crippen LogP contribution in [0.1, 0.15) is 41.4 Å². The van der Waals surface area contributed by atoms with E-state index >= 15 is 0 Å². The highest BCUT2D eigenvalue weighted by Crippen LogP contribution is 2.36. The quantitative estimate of drug-likeness (QED) is 0.804. The molecule has 0 radical (unpaired) electrons. The highest BCUT2D eigenvalue weighted by atomic mass is 32.1. The van der Waals surface area contributed by atoms with Gasteiger partial charge in [-0.3, -0.25) is 0 Å². The maximum atomic E-state index is 10.7. The minimum Gasteiger partial charge on any atom is -0.476 e. The molecule has 82 valence electrons.